The Bertz CT molecular complexity index is 421. The number of hydrogen-bond acceptors (Lipinski definition) is 3. The van der Waals surface area contributed by atoms with Gasteiger partial charge in [-0.15, -0.1) is 0 Å². The Hall–Kier alpha value is -1.43. The van der Waals surface area contributed by atoms with Crippen molar-refractivity contribution >= 4 is 0 Å². The van der Waals surface area contributed by atoms with Crippen LogP contribution in [-0.2, 0) is 0 Å². The lowest BCUT2D eigenvalue weighted by Crippen LogP contribution is -2.34. The second-order valence-corrected chi connectivity index (χ2v) is 4.10. The molecule has 1 rings (SSSR count). The molecule has 6 heteroatoms. The number of ether oxygens (including phenoxy) is 2. The van der Waals surface area contributed by atoms with Gasteiger partial charge in [-0.3, -0.25) is 0 Å². The highest BCUT2D eigenvalue weighted by atomic mass is 19.4. The van der Waals surface area contributed by atoms with Crippen LogP contribution in [0.3, 0.4) is 0 Å². The van der Waals surface area contributed by atoms with Gasteiger partial charge in [0.2, 0.25) is 0 Å². The Kier molecular flexibility index (Phi) is 6.13. The highest BCUT2D eigenvalue weighted by Gasteiger charge is 2.40. The van der Waals surface area contributed by atoms with Gasteiger partial charge in [-0.05, 0) is 38.1 Å². The summed E-state index contributed by atoms with van der Waals surface area (Å²) in [4.78, 5) is 0. The Morgan fingerprint density at radius 3 is 2.15 bits per heavy atom. The van der Waals surface area contributed by atoms with Crippen molar-refractivity contribution in [2.45, 2.75) is 33.0 Å². The van der Waals surface area contributed by atoms with Gasteiger partial charge in [0, 0.05) is 0 Å². The molecule has 0 radical (unpaired) electrons. The molecule has 0 aromatic heterocycles. The summed E-state index contributed by atoms with van der Waals surface area (Å²) in [6.07, 6.45) is -4.35. The molecule has 1 unspecified atom stereocenters. The minimum Gasteiger partial charge on any atom is -0.490 e. The van der Waals surface area contributed by atoms with E-state index in [-0.39, 0.29) is 12.1 Å². The SMILES string of the molecule is CCNC(c1ccc(OCC)c(OCC)c1)C(F)(F)F. The summed E-state index contributed by atoms with van der Waals surface area (Å²) < 4.78 is 49.8. The summed E-state index contributed by atoms with van der Waals surface area (Å²) in [5, 5.41) is 2.44. The molecular formula is C14H20F3NO2. The van der Waals surface area contributed by atoms with Gasteiger partial charge in [0.25, 0.3) is 0 Å². The normalized spacial score (nSPS) is 13.1. The van der Waals surface area contributed by atoms with Gasteiger partial charge in [0.05, 0.1) is 13.2 Å². The van der Waals surface area contributed by atoms with Crippen molar-refractivity contribution < 1.29 is 22.6 Å². The van der Waals surface area contributed by atoms with Crippen LogP contribution in [0.15, 0.2) is 18.2 Å². The van der Waals surface area contributed by atoms with Crippen LogP contribution >= 0.6 is 0 Å². The zero-order valence-corrected chi connectivity index (χ0v) is 11.9. The second-order valence-electron chi connectivity index (χ2n) is 4.10. The molecule has 1 atom stereocenters. The molecular weight excluding hydrogens is 271 g/mol. The molecule has 0 aliphatic carbocycles. The number of nitrogens with one attached hydrogen (secondary N) is 1. The monoisotopic (exact) mass is 291 g/mol. The first kappa shape index (κ1) is 16.6. The maximum Gasteiger partial charge on any atom is 0.407 e. The molecule has 20 heavy (non-hydrogen) atoms. The smallest absolute Gasteiger partial charge is 0.407 e. The number of halogens is 3. The fourth-order valence-electron chi connectivity index (χ4n) is 1.87. The van der Waals surface area contributed by atoms with Gasteiger partial charge in [0.15, 0.2) is 11.5 Å². The predicted molar refractivity (Wildman–Crippen MR) is 71.3 cm³/mol. The van der Waals surface area contributed by atoms with Gasteiger partial charge in [-0.1, -0.05) is 13.0 Å². The summed E-state index contributed by atoms with van der Waals surface area (Å²) in [6.45, 7) is 6.23. The number of benzene rings is 1. The van der Waals surface area contributed by atoms with Crippen LogP contribution in [0.1, 0.15) is 32.4 Å². The molecule has 1 aromatic carbocycles. The van der Waals surface area contributed by atoms with Crippen molar-refractivity contribution in [1.82, 2.24) is 5.32 Å². The average Bonchev–Trinajstić information content (AvgIpc) is 2.37. The zero-order valence-electron chi connectivity index (χ0n) is 11.9. The van der Waals surface area contributed by atoms with E-state index >= 15 is 0 Å². The molecule has 114 valence electrons. The molecule has 0 saturated carbocycles. The van der Waals surface area contributed by atoms with Crippen molar-refractivity contribution in [3.8, 4) is 11.5 Å². The average molecular weight is 291 g/mol. The zero-order chi connectivity index (χ0) is 15.2. The number of hydrogen-bond donors (Lipinski definition) is 1. The first-order valence-electron chi connectivity index (χ1n) is 6.63. The summed E-state index contributed by atoms with van der Waals surface area (Å²) in [7, 11) is 0. The van der Waals surface area contributed by atoms with Gasteiger partial charge in [-0.2, -0.15) is 13.2 Å². The Morgan fingerprint density at radius 2 is 1.65 bits per heavy atom. The van der Waals surface area contributed by atoms with Gasteiger partial charge >= 0.3 is 6.18 Å². The van der Waals surface area contributed by atoms with Gasteiger partial charge in [-0.25, -0.2) is 0 Å². The van der Waals surface area contributed by atoms with E-state index < -0.39 is 12.2 Å². The van der Waals surface area contributed by atoms with Crippen molar-refractivity contribution in [2.24, 2.45) is 0 Å². The molecule has 1 aromatic rings. The van der Waals surface area contributed by atoms with Crippen LogP contribution < -0.4 is 14.8 Å². The van der Waals surface area contributed by atoms with Crippen LogP contribution in [0.4, 0.5) is 13.2 Å². The summed E-state index contributed by atoms with van der Waals surface area (Å²) in [5.74, 6) is 0.787. The highest BCUT2D eigenvalue weighted by molar-refractivity contribution is 5.44. The lowest BCUT2D eigenvalue weighted by atomic mass is 10.1. The summed E-state index contributed by atoms with van der Waals surface area (Å²) >= 11 is 0. The van der Waals surface area contributed by atoms with E-state index in [9.17, 15) is 13.2 Å². The molecule has 0 aliphatic rings. The van der Waals surface area contributed by atoms with Crippen molar-refractivity contribution in [3.63, 3.8) is 0 Å². The lowest BCUT2D eigenvalue weighted by Gasteiger charge is -2.22. The Balaban J connectivity index is 3.13. The van der Waals surface area contributed by atoms with Gasteiger partial charge < -0.3 is 14.8 Å². The summed E-state index contributed by atoms with van der Waals surface area (Å²) in [6, 6.07) is 2.60. The fraction of sp³-hybridized carbons (Fsp3) is 0.571. The van der Waals surface area contributed by atoms with E-state index in [0.717, 1.165) is 0 Å². The van der Waals surface area contributed by atoms with E-state index in [1.165, 1.54) is 18.2 Å². The third kappa shape index (κ3) is 4.30. The minimum absolute atomic E-state index is 0.117. The van der Waals surface area contributed by atoms with Gasteiger partial charge in [0.1, 0.15) is 6.04 Å². The van der Waals surface area contributed by atoms with E-state index in [1.807, 2.05) is 0 Å². The summed E-state index contributed by atoms with van der Waals surface area (Å²) in [5.41, 5.74) is 0.117. The molecule has 3 nitrogen and oxygen atoms in total. The second kappa shape index (κ2) is 7.38. The molecule has 0 amide bonds. The quantitative estimate of drug-likeness (QED) is 0.831. The van der Waals surface area contributed by atoms with Crippen LogP contribution in [0.2, 0.25) is 0 Å². The maximum absolute atomic E-state index is 13.0. The molecule has 1 N–H and O–H groups in total. The highest BCUT2D eigenvalue weighted by Crippen LogP contribution is 2.37. The van der Waals surface area contributed by atoms with Crippen LogP contribution in [0.25, 0.3) is 0 Å². The number of rotatable bonds is 7. The predicted octanol–water partition coefficient (Wildman–Crippen LogP) is 3.70. The van der Waals surface area contributed by atoms with E-state index in [2.05, 4.69) is 5.32 Å². The Labute approximate surface area is 117 Å². The van der Waals surface area contributed by atoms with Crippen LogP contribution in [-0.4, -0.2) is 25.9 Å². The molecule has 0 fully saturated rings. The fourth-order valence-corrected chi connectivity index (χ4v) is 1.87. The topological polar surface area (TPSA) is 30.5 Å². The molecule has 0 aliphatic heterocycles. The van der Waals surface area contributed by atoms with E-state index in [4.69, 9.17) is 9.47 Å². The van der Waals surface area contributed by atoms with Crippen LogP contribution in [0, 0.1) is 0 Å². The maximum atomic E-state index is 13.0. The van der Waals surface area contributed by atoms with Crippen molar-refractivity contribution in [1.29, 1.82) is 0 Å². The third-order valence-corrected chi connectivity index (χ3v) is 2.64. The molecule has 0 spiro atoms. The van der Waals surface area contributed by atoms with Crippen molar-refractivity contribution in [3.05, 3.63) is 23.8 Å². The van der Waals surface area contributed by atoms with E-state index in [1.54, 1.807) is 20.8 Å². The lowest BCUT2D eigenvalue weighted by molar-refractivity contribution is -0.157. The number of alkyl halides is 3. The van der Waals surface area contributed by atoms with Crippen LogP contribution in [0.5, 0.6) is 11.5 Å². The minimum atomic E-state index is -4.35. The van der Waals surface area contributed by atoms with Crippen molar-refractivity contribution in [2.75, 3.05) is 19.8 Å². The first-order chi connectivity index (χ1) is 9.43. The first-order valence-corrected chi connectivity index (χ1v) is 6.63. The third-order valence-electron chi connectivity index (χ3n) is 2.64. The molecule has 0 bridgehead atoms. The molecule has 0 saturated heterocycles. The Morgan fingerprint density at radius 1 is 1.05 bits per heavy atom. The standard InChI is InChI=1S/C14H20F3NO2/c1-4-18-13(14(15,16)17)10-7-8-11(19-5-2)12(9-10)20-6-3/h7-9,13,18H,4-6H2,1-3H3. The largest absolute Gasteiger partial charge is 0.490 e. The molecule has 0 heterocycles. The van der Waals surface area contributed by atoms with E-state index in [0.29, 0.717) is 24.7 Å².